The molecule has 0 aliphatic carbocycles. The molecule has 1 fully saturated rings. The summed E-state index contributed by atoms with van der Waals surface area (Å²) in [5.41, 5.74) is 1.86. The fraction of sp³-hybridized carbons (Fsp3) is 0.450. The van der Waals surface area contributed by atoms with Gasteiger partial charge in [0.1, 0.15) is 12.4 Å². The van der Waals surface area contributed by atoms with Crippen molar-refractivity contribution in [1.29, 1.82) is 0 Å². The lowest BCUT2D eigenvalue weighted by Gasteiger charge is -2.35. The highest BCUT2D eigenvalue weighted by Crippen LogP contribution is 2.18. The lowest BCUT2D eigenvalue weighted by molar-refractivity contribution is -0.120. The van der Waals surface area contributed by atoms with Crippen molar-refractivity contribution in [3.05, 3.63) is 48.0 Å². The van der Waals surface area contributed by atoms with E-state index in [9.17, 15) is 9.18 Å². The standard InChI is InChI=1S/C20H27FN6O.HI/c1-4-22-20(23-11-15(2)16-5-7-17(21)8-6-16)26-9-10-27(19(28)14-26)18-12-24-25(3)13-18;/h5-8,12-13,15H,4,9-11,14H2,1-3H3,(H,22,23);1H. The van der Waals surface area contributed by atoms with Crippen molar-refractivity contribution in [1.82, 2.24) is 20.0 Å². The topological polar surface area (TPSA) is 65.8 Å². The minimum Gasteiger partial charge on any atom is -0.357 e. The lowest BCUT2D eigenvalue weighted by Crippen LogP contribution is -2.55. The van der Waals surface area contributed by atoms with E-state index >= 15 is 0 Å². The second-order valence-electron chi connectivity index (χ2n) is 6.99. The van der Waals surface area contributed by atoms with E-state index in [-0.39, 0.29) is 48.2 Å². The fourth-order valence-electron chi connectivity index (χ4n) is 3.22. The molecule has 29 heavy (non-hydrogen) atoms. The molecule has 1 aliphatic heterocycles. The zero-order valence-electron chi connectivity index (χ0n) is 17.0. The molecule has 9 heteroatoms. The average molecular weight is 514 g/mol. The molecule has 1 aliphatic rings. The van der Waals surface area contributed by atoms with Gasteiger partial charge in [0.25, 0.3) is 0 Å². The van der Waals surface area contributed by atoms with Crippen molar-refractivity contribution in [2.75, 3.05) is 37.6 Å². The maximum Gasteiger partial charge on any atom is 0.246 e. The van der Waals surface area contributed by atoms with Crippen LogP contribution in [0.3, 0.4) is 0 Å². The number of aryl methyl sites for hydroxylation is 1. The third-order valence-corrected chi connectivity index (χ3v) is 4.81. The van der Waals surface area contributed by atoms with Crippen LogP contribution in [0.25, 0.3) is 0 Å². The fourth-order valence-corrected chi connectivity index (χ4v) is 3.22. The summed E-state index contributed by atoms with van der Waals surface area (Å²) in [5, 5.41) is 7.42. The number of amides is 1. The zero-order valence-corrected chi connectivity index (χ0v) is 19.3. The third-order valence-electron chi connectivity index (χ3n) is 4.81. The average Bonchev–Trinajstić information content (AvgIpc) is 3.11. The second-order valence-corrected chi connectivity index (χ2v) is 6.99. The summed E-state index contributed by atoms with van der Waals surface area (Å²) >= 11 is 0. The van der Waals surface area contributed by atoms with Gasteiger partial charge in [-0.3, -0.25) is 14.5 Å². The number of piperazine rings is 1. The predicted molar refractivity (Wildman–Crippen MR) is 123 cm³/mol. The Morgan fingerprint density at radius 1 is 1.31 bits per heavy atom. The van der Waals surface area contributed by atoms with Crippen LogP contribution in [0, 0.1) is 5.82 Å². The number of hydrogen-bond donors (Lipinski definition) is 1. The van der Waals surface area contributed by atoms with Crippen molar-refractivity contribution in [2.24, 2.45) is 12.0 Å². The molecule has 1 unspecified atom stereocenters. The number of nitrogens with one attached hydrogen (secondary N) is 1. The molecule has 1 atom stereocenters. The third kappa shape index (κ3) is 5.91. The molecular formula is C20H28FIN6O. The smallest absolute Gasteiger partial charge is 0.246 e. The van der Waals surface area contributed by atoms with Crippen molar-refractivity contribution < 1.29 is 9.18 Å². The molecule has 1 aromatic heterocycles. The van der Waals surface area contributed by atoms with Gasteiger partial charge in [0.05, 0.1) is 11.9 Å². The van der Waals surface area contributed by atoms with Crippen LogP contribution in [-0.2, 0) is 11.8 Å². The Labute approximate surface area is 188 Å². The summed E-state index contributed by atoms with van der Waals surface area (Å²) in [6.45, 7) is 6.90. The summed E-state index contributed by atoms with van der Waals surface area (Å²) < 4.78 is 14.8. The van der Waals surface area contributed by atoms with E-state index in [1.807, 2.05) is 25.1 Å². The lowest BCUT2D eigenvalue weighted by atomic mass is 10.0. The number of nitrogens with zero attached hydrogens (tertiary/aromatic N) is 5. The molecule has 3 rings (SSSR count). The first-order valence-corrected chi connectivity index (χ1v) is 9.55. The number of rotatable bonds is 5. The van der Waals surface area contributed by atoms with Crippen LogP contribution in [0.2, 0.25) is 0 Å². The first kappa shape index (κ1) is 23.1. The van der Waals surface area contributed by atoms with E-state index < -0.39 is 0 Å². The molecule has 2 aromatic rings. The van der Waals surface area contributed by atoms with Gasteiger partial charge in [-0.15, -0.1) is 24.0 Å². The van der Waals surface area contributed by atoms with Crippen molar-refractivity contribution in [3.8, 4) is 0 Å². The molecule has 1 amide bonds. The minimum atomic E-state index is -0.238. The molecular weight excluding hydrogens is 486 g/mol. The SMILES string of the molecule is CCNC(=NCC(C)c1ccc(F)cc1)N1CCN(c2cnn(C)c2)C(=O)C1.I. The van der Waals surface area contributed by atoms with E-state index in [4.69, 9.17) is 4.99 Å². The van der Waals surface area contributed by atoms with E-state index in [1.54, 1.807) is 27.9 Å². The van der Waals surface area contributed by atoms with Crippen LogP contribution < -0.4 is 10.2 Å². The van der Waals surface area contributed by atoms with Gasteiger partial charge < -0.3 is 15.1 Å². The molecule has 2 heterocycles. The molecule has 0 bridgehead atoms. The van der Waals surface area contributed by atoms with Gasteiger partial charge in [-0.2, -0.15) is 5.10 Å². The molecule has 1 saturated heterocycles. The van der Waals surface area contributed by atoms with Gasteiger partial charge in [0.15, 0.2) is 5.96 Å². The number of guanidine groups is 1. The van der Waals surface area contributed by atoms with Crippen LogP contribution in [0.4, 0.5) is 10.1 Å². The first-order chi connectivity index (χ1) is 13.5. The van der Waals surface area contributed by atoms with E-state index in [2.05, 4.69) is 17.3 Å². The van der Waals surface area contributed by atoms with Crippen molar-refractivity contribution in [2.45, 2.75) is 19.8 Å². The van der Waals surface area contributed by atoms with E-state index in [1.165, 1.54) is 12.1 Å². The normalized spacial score (nSPS) is 15.9. The highest BCUT2D eigenvalue weighted by Gasteiger charge is 2.27. The number of anilines is 1. The maximum atomic E-state index is 13.1. The Morgan fingerprint density at radius 2 is 2.03 bits per heavy atom. The molecule has 0 radical (unpaired) electrons. The number of hydrogen-bond acceptors (Lipinski definition) is 3. The summed E-state index contributed by atoms with van der Waals surface area (Å²) in [6, 6.07) is 6.52. The van der Waals surface area contributed by atoms with E-state index in [0.29, 0.717) is 19.6 Å². The number of benzene rings is 1. The quantitative estimate of drug-likeness (QED) is 0.379. The van der Waals surface area contributed by atoms with Gasteiger partial charge in [-0.1, -0.05) is 19.1 Å². The van der Waals surface area contributed by atoms with Gasteiger partial charge in [0.2, 0.25) is 5.91 Å². The van der Waals surface area contributed by atoms with Gasteiger partial charge in [0, 0.05) is 45.3 Å². The van der Waals surface area contributed by atoms with Crippen LogP contribution in [-0.4, -0.2) is 59.3 Å². The molecule has 158 valence electrons. The molecule has 7 nitrogen and oxygen atoms in total. The van der Waals surface area contributed by atoms with Crippen molar-refractivity contribution in [3.63, 3.8) is 0 Å². The van der Waals surface area contributed by atoms with Crippen LogP contribution in [0.5, 0.6) is 0 Å². The van der Waals surface area contributed by atoms with Crippen LogP contribution in [0.15, 0.2) is 41.7 Å². The summed E-state index contributed by atoms with van der Waals surface area (Å²) in [5.74, 6) is 0.673. The van der Waals surface area contributed by atoms with Crippen LogP contribution in [0.1, 0.15) is 25.3 Å². The molecule has 0 spiro atoms. The Hall–Kier alpha value is -2.17. The number of aliphatic imine (C=N–C) groups is 1. The highest BCUT2D eigenvalue weighted by molar-refractivity contribution is 14.0. The van der Waals surface area contributed by atoms with Gasteiger partial charge in [-0.05, 0) is 24.6 Å². The van der Waals surface area contributed by atoms with Gasteiger partial charge >= 0.3 is 0 Å². The summed E-state index contributed by atoms with van der Waals surface area (Å²) in [4.78, 5) is 21.1. The Morgan fingerprint density at radius 3 is 2.62 bits per heavy atom. The molecule has 0 saturated carbocycles. The monoisotopic (exact) mass is 514 g/mol. The van der Waals surface area contributed by atoms with Gasteiger partial charge in [-0.25, -0.2) is 4.39 Å². The zero-order chi connectivity index (χ0) is 20.1. The summed E-state index contributed by atoms with van der Waals surface area (Å²) in [7, 11) is 1.84. The first-order valence-electron chi connectivity index (χ1n) is 9.55. The Bertz CT molecular complexity index is 838. The maximum absolute atomic E-state index is 13.1. The number of carbonyl (C=O) groups is 1. The number of aromatic nitrogens is 2. The molecule has 1 aromatic carbocycles. The summed E-state index contributed by atoms with van der Waals surface area (Å²) in [6.07, 6.45) is 3.55. The highest BCUT2D eigenvalue weighted by atomic mass is 127. The second kappa shape index (κ2) is 10.6. The predicted octanol–water partition coefficient (Wildman–Crippen LogP) is 2.60. The number of halogens is 2. The Kier molecular flexibility index (Phi) is 8.42. The van der Waals surface area contributed by atoms with Crippen molar-refractivity contribution >= 4 is 41.5 Å². The van der Waals surface area contributed by atoms with Crippen LogP contribution >= 0.6 is 24.0 Å². The Balaban J connectivity index is 0.00000300. The largest absolute Gasteiger partial charge is 0.357 e. The van der Waals surface area contributed by atoms with E-state index in [0.717, 1.165) is 23.8 Å². The number of carbonyl (C=O) groups excluding carboxylic acids is 1. The minimum absolute atomic E-state index is 0. The molecule has 1 N–H and O–H groups in total.